The number of aromatic amines is 1. The van der Waals surface area contributed by atoms with Gasteiger partial charge in [0.25, 0.3) is 0 Å². The number of ether oxygens (including phenoxy) is 1. The molecule has 0 bridgehead atoms. The summed E-state index contributed by atoms with van der Waals surface area (Å²) in [5.41, 5.74) is 1.72. The van der Waals surface area contributed by atoms with Gasteiger partial charge in [0.1, 0.15) is 5.82 Å². The highest BCUT2D eigenvalue weighted by Crippen LogP contribution is 2.16. The molecule has 0 saturated carbocycles. The largest absolute Gasteiger partial charge is 0.478 e. The summed E-state index contributed by atoms with van der Waals surface area (Å²) < 4.78 is 5.36. The molecule has 4 nitrogen and oxygen atoms in total. The second kappa shape index (κ2) is 5.17. The number of aryl methyl sites for hydroxylation is 1. The quantitative estimate of drug-likeness (QED) is 0.863. The molecule has 0 atom stereocenters. The zero-order chi connectivity index (χ0) is 12.3. The molecule has 1 N–H and O–H groups in total. The number of imidazole rings is 1. The molecule has 2 aromatic rings. The minimum absolute atomic E-state index is 0.628. The van der Waals surface area contributed by atoms with Crippen molar-refractivity contribution in [3.05, 3.63) is 18.0 Å². The Morgan fingerprint density at radius 3 is 2.82 bits per heavy atom. The first kappa shape index (κ1) is 11.9. The lowest BCUT2D eigenvalue weighted by Gasteiger charge is -2.00. The number of hydrogen-bond donors (Lipinski definition) is 1. The molecule has 0 aliphatic rings. The van der Waals surface area contributed by atoms with Crippen LogP contribution in [0.15, 0.2) is 12.1 Å². The molecule has 2 aromatic heterocycles. The van der Waals surface area contributed by atoms with Crippen molar-refractivity contribution in [1.82, 2.24) is 15.0 Å². The summed E-state index contributed by atoms with van der Waals surface area (Å²) in [4.78, 5) is 12.1. The molecule has 0 amide bonds. The van der Waals surface area contributed by atoms with Gasteiger partial charge in [0.15, 0.2) is 5.65 Å². The van der Waals surface area contributed by atoms with Gasteiger partial charge in [-0.2, -0.15) is 4.98 Å². The van der Waals surface area contributed by atoms with Crippen LogP contribution in [0.3, 0.4) is 0 Å². The molecule has 0 spiro atoms. The third-order valence-electron chi connectivity index (χ3n) is 2.62. The lowest BCUT2D eigenvalue weighted by Crippen LogP contribution is -1.94. The van der Waals surface area contributed by atoms with Crippen molar-refractivity contribution in [2.24, 2.45) is 5.92 Å². The van der Waals surface area contributed by atoms with E-state index in [1.807, 2.05) is 19.1 Å². The smallest absolute Gasteiger partial charge is 0.215 e. The fraction of sp³-hybridized carbons (Fsp3) is 0.538. The van der Waals surface area contributed by atoms with Crippen molar-refractivity contribution in [3.63, 3.8) is 0 Å². The van der Waals surface area contributed by atoms with Crippen LogP contribution in [0.4, 0.5) is 0 Å². The Hall–Kier alpha value is -1.58. The molecule has 0 saturated heterocycles. The minimum Gasteiger partial charge on any atom is -0.478 e. The SMILES string of the molecule is CCOc1ccc2[nH]c(CCC(C)C)nc2n1. The Morgan fingerprint density at radius 1 is 1.29 bits per heavy atom. The predicted molar refractivity (Wildman–Crippen MR) is 68.2 cm³/mol. The summed E-state index contributed by atoms with van der Waals surface area (Å²) in [5, 5.41) is 0. The zero-order valence-electron chi connectivity index (χ0n) is 10.7. The Bertz CT molecular complexity index is 490. The molecule has 2 heterocycles. The fourth-order valence-electron chi connectivity index (χ4n) is 1.70. The molecular formula is C13H19N3O. The molecule has 0 unspecified atom stereocenters. The van der Waals surface area contributed by atoms with Crippen LogP contribution >= 0.6 is 0 Å². The van der Waals surface area contributed by atoms with E-state index in [0.29, 0.717) is 18.4 Å². The van der Waals surface area contributed by atoms with Gasteiger partial charge in [-0.1, -0.05) is 13.8 Å². The van der Waals surface area contributed by atoms with Gasteiger partial charge >= 0.3 is 0 Å². The van der Waals surface area contributed by atoms with Crippen LogP contribution in [-0.2, 0) is 6.42 Å². The maximum Gasteiger partial charge on any atom is 0.215 e. The molecule has 0 aliphatic carbocycles. The highest BCUT2D eigenvalue weighted by Gasteiger charge is 2.06. The molecule has 0 fully saturated rings. The Labute approximate surface area is 101 Å². The molecular weight excluding hydrogens is 214 g/mol. The summed E-state index contributed by atoms with van der Waals surface area (Å²) in [6, 6.07) is 3.84. The van der Waals surface area contributed by atoms with Gasteiger partial charge in [0, 0.05) is 12.5 Å². The monoisotopic (exact) mass is 233 g/mol. The lowest BCUT2D eigenvalue weighted by molar-refractivity contribution is 0.328. The van der Waals surface area contributed by atoms with Gasteiger partial charge in [-0.25, -0.2) is 4.98 Å². The minimum atomic E-state index is 0.628. The maximum absolute atomic E-state index is 5.36. The standard InChI is InChI=1S/C13H19N3O/c1-4-17-12-8-6-10-13(16-12)15-11(14-10)7-5-9(2)3/h6,8-9H,4-5,7H2,1-3H3,(H,14,15,16). The number of H-pyrrole nitrogens is 1. The number of hydrogen-bond acceptors (Lipinski definition) is 3. The normalized spacial score (nSPS) is 11.3. The molecule has 0 aromatic carbocycles. The average molecular weight is 233 g/mol. The average Bonchev–Trinajstić information content (AvgIpc) is 2.69. The first-order chi connectivity index (χ1) is 8.19. The number of aromatic nitrogens is 3. The van der Waals surface area contributed by atoms with E-state index in [1.165, 1.54) is 0 Å². The molecule has 2 rings (SSSR count). The van der Waals surface area contributed by atoms with E-state index in [-0.39, 0.29) is 0 Å². The Balaban J connectivity index is 2.18. The van der Waals surface area contributed by atoms with Crippen LogP contribution in [0.25, 0.3) is 11.2 Å². The van der Waals surface area contributed by atoms with Crippen LogP contribution in [-0.4, -0.2) is 21.6 Å². The van der Waals surface area contributed by atoms with Crippen molar-refractivity contribution >= 4 is 11.2 Å². The molecule has 92 valence electrons. The van der Waals surface area contributed by atoms with Crippen LogP contribution in [0.2, 0.25) is 0 Å². The van der Waals surface area contributed by atoms with Crippen molar-refractivity contribution in [2.75, 3.05) is 6.61 Å². The summed E-state index contributed by atoms with van der Waals surface area (Å²) in [7, 11) is 0. The van der Waals surface area contributed by atoms with E-state index >= 15 is 0 Å². The second-order valence-electron chi connectivity index (χ2n) is 4.57. The fourth-order valence-corrected chi connectivity index (χ4v) is 1.70. The van der Waals surface area contributed by atoms with Crippen molar-refractivity contribution in [1.29, 1.82) is 0 Å². The highest BCUT2D eigenvalue weighted by molar-refractivity contribution is 5.71. The zero-order valence-corrected chi connectivity index (χ0v) is 10.7. The number of nitrogens with one attached hydrogen (secondary N) is 1. The van der Waals surface area contributed by atoms with E-state index in [2.05, 4.69) is 28.8 Å². The van der Waals surface area contributed by atoms with Crippen molar-refractivity contribution < 1.29 is 4.74 Å². The van der Waals surface area contributed by atoms with E-state index < -0.39 is 0 Å². The van der Waals surface area contributed by atoms with Gasteiger partial charge in [0.05, 0.1) is 12.1 Å². The van der Waals surface area contributed by atoms with E-state index in [4.69, 9.17) is 4.74 Å². The van der Waals surface area contributed by atoms with Gasteiger partial charge in [-0.15, -0.1) is 0 Å². The highest BCUT2D eigenvalue weighted by atomic mass is 16.5. The number of nitrogens with zero attached hydrogens (tertiary/aromatic N) is 2. The van der Waals surface area contributed by atoms with Crippen LogP contribution in [0.5, 0.6) is 5.88 Å². The van der Waals surface area contributed by atoms with Gasteiger partial charge in [-0.3, -0.25) is 0 Å². The third kappa shape index (κ3) is 2.96. The maximum atomic E-state index is 5.36. The van der Waals surface area contributed by atoms with E-state index in [0.717, 1.165) is 29.8 Å². The van der Waals surface area contributed by atoms with Gasteiger partial charge < -0.3 is 9.72 Å². The topological polar surface area (TPSA) is 50.8 Å². The Kier molecular flexibility index (Phi) is 3.61. The molecule has 4 heteroatoms. The van der Waals surface area contributed by atoms with Gasteiger partial charge in [-0.05, 0) is 25.3 Å². The van der Waals surface area contributed by atoms with Crippen LogP contribution in [0.1, 0.15) is 33.0 Å². The molecule has 0 radical (unpaired) electrons. The van der Waals surface area contributed by atoms with E-state index in [9.17, 15) is 0 Å². The summed E-state index contributed by atoms with van der Waals surface area (Å²) in [6.45, 7) is 7.01. The summed E-state index contributed by atoms with van der Waals surface area (Å²) in [5.74, 6) is 2.34. The van der Waals surface area contributed by atoms with Crippen molar-refractivity contribution in [2.45, 2.75) is 33.6 Å². The molecule has 0 aliphatic heterocycles. The third-order valence-corrected chi connectivity index (χ3v) is 2.62. The number of pyridine rings is 1. The second-order valence-corrected chi connectivity index (χ2v) is 4.57. The first-order valence-electron chi connectivity index (χ1n) is 6.17. The Morgan fingerprint density at radius 2 is 2.12 bits per heavy atom. The predicted octanol–water partition coefficient (Wildman–Crippen LogP) is 2.95. The van der Waals surface area contributed by atoms with Gasteiger partial charge in [0.2, 0.25) is 5.88 Å². The molecule has 17 heavy (non-hydrogen) atoms. The summed E-state index contributed by atoms with van der Waals surface area (Å²) >= 11 is 0. The number of rotatable bonds is 5. The van der Waals surface area contributed by atoms with Crippen molar-refractivity contribution in [3.8, 4) is 5.88 Å². The van der Waals surface area contributed by atoms with Crippen LogP contribution in [0, 0.1) is 5.92 Å². The number of fused-ring (bicyclic) bond motifs is 1. The van der Waals surface area contributed by atoms with Crippen LogP contribution < -0.4 is 4.74 Å². The lowest BCUT2D eigenvalue weighted by atomic mass is 10.1. The van der Waals surface area contributed by atoms with E-state index in [1.54, 1.807) is 0 Å². The summed E-state index contributed by atoms with van der Waals surface area (Å²) in [6.07, 6.45) is 2.11. The first-order valence-corrected chi connectivity index (χ1v) is 6.17.